The summed E-state index contributed by atoms with van der Waals surface area (Å²) in [6, 6.07) is 0.526. The van der Waals surface area contributed by atoms with Gasteiger partial charge in [0.1, 0.15) is 5.82 Å². The molecule has 0 saturated heterocycles. The van der Waals surface area contributed by atoms with Crippen LogP contribution in [-0.4, -0.2) is 16.8 Å². The Morgan fingerprint density at radius 1 is 1.22 bits per heavy atom. The molecular formula is C20H28N2O. The monoisotopic (exact) mass is 312 g/mol. The third kappa shape index (κ3) is 2.58. The Morgan fingerprint density at radius 3 is 2.65 bits per heavy atom. The molecule has 2 bridgehead atoms. The first-order chi connectivity index (χ1) is 10.9. The van der Waals surface area contributed by atoms with Gasteiger partial charge in [-0.1, -0.05) is 20.3 Å². The highest BCUT2D eigenvalue weighted by molar-refractivity contribution is 5.96. The molecule has 3 aliphatic carbocycles. The third-order valence-corrected chi connectivity index (χ3v) is 6.33. The normalized spacial score (nSPS) is 31.0. The molecule has 2 saturated carbocycles. The van der Waals surface area contributed by atoms with Gasteiger partial charge in [0.15, 0.2) is 5.78 Å². The molecule has 4 rings (SSSR count). The lowest BCUT2D eigenvalue weighted by molar-refractivity contribution is 0.101. The molecule has 0 aromatic carbocycles. The second kappa shape index (κ2) is 5.32. The van der Waals surface area contributed by atoms with E-state index in [1.54, 1.807) is 6.92 Å². The van der Waals surface area contributed by atoms with Crippen LogP contribution in [-0.2, 0) is 0 Å². The molecule has 0 spiro atoms. The fourth-order valence-electron chi connectivity index (χ4n) is 5.31. The highest BCUT2D eigenvalue weighted by Gasteiger charge is 2.41. The van der Waals surface area contributed by atoms with E-state index in [-0.39, 0.29) is 5.78 Å². The van der Waals surface area contributed by atoms with Crippen molar-refractivity contribution in [1.29, 1.82) is 0 Å². The van der Waals surface area contributed by atoms with Crippen LogP contribution >= 0.6 is 0 Å². The van der Waals surface area contributed by atoms with Crippen molar-refractivity contribution in [1.82, 2.24) is 4.98 Å². The van der Waals surface area contributed by atoms with Crippen LogP contribution in [0.4, 0.5) is 5.82 Å². The molecule has 1 N–H and O–H groups in total. The van der Waals surface area contributed by atoms with E-state index in [9.17, 15) is 4.79 Å². The fourth-order valence-corrected chi connectivity index (χ4v) is 5.31. The van der Waals surface area contributed by atoms with Gasteiger partial charge in [0.2, 0.25) is 0 Å². The van der Waals surface area contributed by atoms with Crippen molar-refractivity contribution in [3.8, 4) is 0 Å². The quantitative estimate of drug-likeness (QED) is 0.796. The number of anilines is 1. The van der Waals surface area contributed by atoms with Crippen LogP contribution < -0.4 is 5.32 Å². The number of aromatic nitrogens is 1. The summed E-state index contributed by atoms with van der Waals surface area (Å²) in [5.74, 6) is 2.48. The van der Waals surface area contributed by atoms with E-state index in [1.807, 2.05) is 6.20 Å². The average Bonchev–Trinajstić information content (AvgIpc) is 3.08. The zero-order valence-electron chi connectivity index (χ0n) is 14.6. The molecule has 2 fully saturated rings. The van der Waals surface area contributed by atoms with E-state index < -0.39 is 0 Å². The van der Waals surface area contributed by atoms with Gasteiger partial charge in [-0.15, -0.1) is 0 Å². The maximum atomic E-state index is 12.0. The van der Waals surface area contributed by atoms with Crippen molar-refractivity contribution >= 4 is 11.6 Å². The van der Waals surface area contributed by atoms with Gasteiger partial charge in [0.25, 0.3) is 0 Å². The SMILES string of the molecule is CC(=O)c1cnc(NC2CCCC(C)(C)C2)c2c1C1CCC2C1. The third-order valence-electron chi connectivity index (χ3n) is 6.33. The van der Waals surface area contributed by atoms with Gasteiger partial charge in [-0.3, -0.25) is 4.79 Å². The summed E-state index contributed by atoms with van der Waals surface area (Å²) in [6.45, 7) is 6.43. The van der Waals surface area contributed by atoms with Gasteiger partial charge in [0.05, 0.1) is 0 Å². The Kier molecular flexibility index (Phi) is 3.51. The van der Waals surface area contributed by atoms with Crippen LogP contribution in [0.1, 0.15) is 99.0 Å². The first-order valence-corrected chi connectivity index (χ1v) is 9.25. The summed E-state index contributed by atoms with van der Waals surface area (Å²) >= 11 is 0. The van der Waals surface area contributed by atoms with Crippen LogP contribution in [0.15, 0.2) is 6.20 Å². The molecule has 3 atom stereocenters. The van der Waals surface area contributed by atoms with Crippen LogP contribution in [0.2, 0.25) is 0 Å². The molecule has 3 aliphatic rings. The second-order valence-electron chi connectivity index (χ2n) is 8.71. The molecule has 0 radical (unpaired) electrons. The number of pyridine rings is 1. The van der Waals surface area contributed by atoms with Crippen LogP contribution in [0.3, 0.4) is 0 Å². The molecule has 124 valence electrons. The minimum absolute atomic E-state index is 0.173. The predicted octanol–water partition coefficient (Wildman–Crippen LogP) is 5.03. The predicted molar refractivity (Wildman–Crippen MR) is 93.2 cm³/mol. The number of carbonyl (C=O) groups excluding carboxylic acids is 1. The standard InChI is InChI=1S/C20H28N2O/c1-12(23)16-11-21-19(18-14-7-6-13(9-14)17(16)18)22-15-5-4-8-20(2,3)10-15/h11,13-15H,4-10H2,1-3H3,(H,21,22). The lowest BCUT2D eigenvalue weighted by Gasteiger charge is -2.36. The Bertz CT molecular complexity index is 649. The fraction of sp³-hybridized carbons (Fsp3) is 0.700. The van der Waals surface area contributed by atoms with Crippen molar-refractivity contribution in [3.05, 3.63) is 22.9 Å². The van der Waals surface area contributed by atoms with Crippen molar-refractivity contribution in [2.24, 2.45) is 5.41 Å². The van der Waals surface area contributed by atoms with E-state index in [1.165, 1.54) is 56.1 Å². The molecule has 1 aromatic heterocycles. The van der Waals surface area contributed by atoms with E-state index in [0.29, 0.717) is 23.3 Å². The van der Waals surface area contributed by atoms with Crippen molar-refractivity contribution in [3.63, 3.8) is 0 Å². The molecule has 1 heterocycles. The van der Waals surface area contributed by atoms with Crippen LogP contribution in [0.5, 0.6) is 0 Å². The maximum Gasteiger partial charge on any atom is 0.161 e. The van der Waals surface area contributed by atoms with Gasteiger partial charge >= 0.3 is 0 Å². The van der Waals surface area contributed by atoms with Gasteiger partial charge in [-0.05, 0) is 68.3 Å². The van der Waals surface area contributed by atoms with Crippen molar-refractivity contribution < 1.29 is 4.79 Å². The topological polar surface area (TPSA) is 42.0 Å². The highest BCUT2D eigenvalue weighted by atomic mass is 16.1. The number of Topliss-reactive ketones (excluding diaryl/α,β-unsaturated/α-hetero) is 1. The summed E-state index contributed by atoms with van der Waals surface area (Å²) in [6.07, 6.45) is 10.7. The lowest BCUT2D eigenvalue weighted by Crippen LogP contribution is -2.32. The number of nitrogens with zero attached hydrogens (tertiary/aromatic N) is 1. The van der Waals surface area contributed by atoms with Gasteiger partial charge in [0, 0.05) is 23.4 Å². The van der Waals surface area contributed by atoms with Gasteiger partial charge < -0.3 is 5.32 Å². The van der Waals surface area contributed by atoms with Crippen molar-refractivity contribution in [2.45, 2.75) is 83.6 Å². The van der Waals surface area contributed by atoms with Crippen LogP contribution in [0.25, 0.3) is 0 Å². The molecule has 23 heavy (non-hydrogen) atoms. The zero-order chi connectivity index (χ0) is 16.2. The lowest BCUT2D eigenvalue weighted by atomic mass is 9.75. The van der Waals surface area contributed by atoms with E-state index in [2.05, 4.69) is 19.2 Å². The molecule has 3 nitrogen and oxygen atoms in total. The Balaban J connectivity index is 1.67. The average molecular weight is 312 g/mol. The summed E-state index contributed by atoms with van der Waals surface area (Å²) < 4.78 is 0. The first kappa shape index (κ1) is 15.2. The Hall–Kier alpha value is -1.38. The summed E-state index contributed by atoms with van der Waals surface area (Å²) in [5, 5.41) is 3.77. The largest absolute Gasteiger partial charge is 0.367 e. The summed E-state index contributed by atoms with van der Waals surface area (Å²) in [7, 11) is 0. The number of nitrogens with one attached hydrogen (secondary N) is 1. The zero-order valence-corrected chi connectivity index (χ0v) is 14.6. The number of hydrogen-bond donors (Lipinski definition) is 1. The smallest absolute Gasteiger partial charge is 0.161 e. The molecule has 3 heteroatoms. The molecule has 0 aliphatic heterocycles. The number of hydrogen-bond acceptors (Lipinski definition) is 3. The minimum Gasteiger partial charge on any atom is -0.367 e. The van der Waals surface area contributed by atoms with E-state index in [0.717, 1.165) is 11.4 Å². The Labute approximate surface area is 139 Å². The number of fused-ring (bicyclic) bond motifs is 5. The molecule has 3 unspecified atom stereocenters. The molecular weight excluding hydrogens is 284 g/mol. The molecule has 1 aromatic rings. The summed E-state index contributed by atoms with van der Waals surface area (Å²) in [5.41, 5.74) is 4.03. The number of ketones is 1. The molecule has 0 amide bonds. The number of rotatable bonds is 3. The maximum absolute atomic E-state index is 12.0. The van der Waals surface area contributed by atoms with Crippen LogP contribution in [0, 0.1) is 5.41 Å². The number of carbonyl (C=O) groups is 1. The minimum atomic E-state index is 0.173. The summed E-state index contributed by atoms with van der Waals surface area (Å²) in [4.78, 5) is 16.7. The Morgan fingerprint density at radius 2 is 1.96 bits per heavy atom. The van der Waals surface area contributed by atoms with E-state index >= 15 is 0 Å². The highest BCUT2D eigenvalue weighted by Crippen LogP contribution is 2.56. The first-order valence-electron chi connectivity index (χ1n) is 9.25. The van der Waals surface area contributed by atoms with E-state index in [4.69, 9.17) is 4.98 Å². The second-order valence-corrected chi connectivity index (χ2v) is 8.71. The van der Waals surface area contributed by atoms with Gasteiger partial charge in [-0.2, -0.15) is 0 Å². The van der Waals surface area contributed by atoms with Gasteiger partial charge in [-0.25, -0.2) is 4.98 Å². The van der Waals surface area contributed by atoms with Crippen molar-refractivity contribution in [2.75, 3.05) is 5.32 Å².